The van der Waals surface area contributed by atoms with Gasteiger partial charge in [-0.3, -0.25) is 4.79 Å². The van der Waals surface area contributed by atoms with E-state index in [-0.39, 0.29) is 11.9 Å². The molecule has 1 saturated heterocycles. The van der Waals surface area contributed by atoms with Gasteiger partial charge in [-0.2, -0.15) is 0 Å². The van der Waals surface area contributed by atoms with Crippen LogP contribution in [0.4, 0.5) is 0 Å². The van der Waals surface area contributed by atoms with Gasteiger partial charge >= 0.3 is 5.97 Å². The van der Waals surface area contributed by atoms with Gasteiger partial charge in [0.15, 0.2) is 0 Å². The maximum Gasteiger partial charge on any atom is 0.328 e. The van der Waals surface area contributed by atoms with Crippen molar-refractivity contribution in [2.24, 2.45) is 11.7 Å². The Bertz CT molecular complexity index is 353. The van der Waals surface area contributed by atoms with Crippen molar-refractivity contribution >= 4 is 11.9 Å². The maximum absolute atomic E-state index is 12.4. The third-order valence-corrected chi connectivity index (χ3v) is 4.64. The molecule has 1 aliphatic heterocycles. The van der Waals surface area contributed by atoms with E-state index >= 15 is 0 Å². The quantitative estimate of drug-likeness (QED) is 0.792. The lowest BCUT2D eigenvalue weighted by Crippen LogP contribution is -2.49. The number of esters is 1. The van der Waals surface area contributed by atoms with Crippen LogP contribution in [0.15, 0.2) is 0 Å². The number of rotatable bonds is 4. The minimum Gasteiger partial charge on any atom is -0.467 e. The lowest BCUT2D eigenvalue weighted by atomic mass is 9.84. The van der Waals surface area contributed by atoms with Gasteiger partial charge in [-0.25, -0.2) is 4.79 Å². The number of likely N-dealkylation sites (tertiary alicyclic amines) is 1. The number of methoxy groups -OCH3 is 1. The lowest BCUT2D eigenvalue weighted by molar-refractivity contribution is -0.151. The van der Waals surface area contributed by atoms with Crippen LogP contribution in [0.3, 0.4) is 0 Å². The van der Waals surface area contributed by atoms with Gasteiger partial charge < -0.3 is 15.4 Å². The van der Waals surface area contributed by atoms with Crippen LogP contribution in [-0.4, -0.2) is 42.5 Å². The molecule has 1 aliphatic carbocycles. The highest BCUT2D eigenvalue weighted by atomic mass is 16.5. The van der Waals surface area contributed by atoms with E-state index in [4.69, 9.17) is 10.5 Å². The van der Waals surface area contributed by atoms with Gasteiger partial charge in [-0.05, 0) is 25.2 Å². The summed E-state index contributed by atoms with van der Waals surface area (Å²) in [4.78, 5) is 25.8. The molecule has 5 nitrogen and oxygen atoms in total. The van der Waals surface area contributed by atoms with Crippen molar-refractivity contribution in [3.8, 4) is 0 Å². The van der Waals surface area contributed by atoms with Gasteiger partial charge in [0.25, 0.3) is 0 Å². The van der Waals surface area contributed by atoms with Crippen LogP contribution in [-0.2, 0) is 14.3 Å². The molecule has 1 saturated carbocycles. The highest BCUT2D eigenvalue weighted by Crippen LogP contribution is 2.28. The topological polar surface area (TPSA) is 72.6 Å². The molecule has 114 valence electrons. The van der Waals surface area contributed by atoms with E-state index in [2.05, 4.69) is 0 Å². The molecule has 0 radical (unpaired) electrons. The van der Waals surface area contributed by atoms with E-state index in [1.54, 1.807) is 4.90 Å². The maximum atomic E-state index is 12.4. The fraction of sp³-hybridized carbons (Fsp3) is 0.867. The molecule has 2 rings (SSSR count). The summed E-state index contributed by atoms with van der Waals surface area (Å²) in [6, 6.07) is -0.895. The van der Waals surface area contributed by atoms with Crippen molar-refractivity contribution in [3.05, 3.63) is 0 Å². The summed E-state index contributed by atoms with van der Waals surface area (Å²) < 4.78 is 4.77. The predicted octanol–water partition coefficient (Wildman–Crippen LogP) is 1.45. The molecule has 0 bridgehead atoms. The molecule has 0 spiro atoms. The molecule has 1 heterocycles. The number of hydrogen-bond donors (Lipinski definition) is 1. The zero-order valence-electron chi connectivity index (χ0n) is 12.3. The number of amides is 1. The molecule has 2 fully saturated rings. The normalized spacial score (nSPS) is 25.5. The van der Waals surface area contributed by atoms with Crippen LogP contribution in [0, 0.1) is 5.92 Å². The van der Waals surface area contributed by atoms with Gasteiger partial charge in [0, 0.05) is 6.54 Å². The number of hydrogen-bond acceptors (Lipinski definition) is 4. The predicted molar refractivity (Wildman–Crippen MR) is 75.9 cm³/mol. The fourth-order valence-corrected chi connectivity index (χ4v) is 3.51. The molecular formula is C15H26N2O3. The number of carbonyl (C=O) groups excluding carboxylic acids is 2. The van der Waals surface area contributed by atoms with Gasteiger partial charge in [0.05, 0.1) is 13.2 Å². The second-order valence-corrected chi connectivity index (χ2v) is 6.06. The van der Waals surface area contributed by atoms with Gasteiger partial charge in [-0.1, -0.05) is 32.1 Å². The molecular weight excluding hydrogens is 256 g/mol. The second kappa shape index (κ2) is 7.07. The number of nitrogens with two attached hydrogens (primary N) is 1. The Hall–Kier alpha value is -1.10. The first-order valence-electron chi connectivity index (χ1n) is 7.77. The van der Waals surface area contributed by atoms with E-state index in [9.17, 15) is 9.59 Å². The van der Waals surface area contributed by atoms with Gasteiger partial charge in [-0.15, -0.1) is 0 Å². The molecule has 0 aromatic heterocycles. The SMILES string of the molecule is COC(=O)[C@@H]1CCCN1C(=O)[C@H](N)CC1CCCCC1. The van der Waals surface area contributed by atoms with Gasteiger partial charge in [0.2, 0.25) is 5.91 Å². The molecule has 0 aromatic carbocycles. The second-order valence-electron chi connectivity index (χ2n) is 6.06. The Balaban J connectivity index is 1.90. The largest absolute Gasteiger partial charge is 0.467 e. The minimum absolute atomic E-state index is 0.0801. The first-order chi connectivity index (χ1) is 9.63. The fourth-order valence-electron chi connectivity index (χ4n) is 3.51. The first-order valence-corrected chi connectivity index (χ1v) is 7.77. The molecule has 2 N–H and O–H groups in total. The van der Waals surface area contributed by atoms with Crippen LogP contribution < -0.4 is 5.73 Å². The summed E-state index contributed by atoms with van der Waals surface area (Å²) in [7, 11) is 1.37. The summed E-state index contributed by atoms with van der Waals surface area (Å²) in [6.07, 6.45) is 8.46. The molecule has 0 aromatic rings. The van der Waals surface area contributed by atoms with Crippen LogP contribution in [0.5, 0.6) is 0 Å². The third-order valence-electron chi connectivity index (χ3n) is 4.64. The molecule has 5 heteroatoms. The zero-order chi connectivity index (χ0) is 14.5. The molecule has 1 amide bonds. The first kappa shape index (κ1) is 15.3. The highest BCUT2D eigenvalue weighted by molar-refractivity contribution is 5.88. The summed E-state index contributed by atoms with van der Waals surface area (Å²) in [5.74, 6) is 0.172. The van der Waals surface area contributed by atoms with E-state index in [1.807, 2.05) is 0 Å². The van der Waals surface area contributed by atoms with Gasteiger partial charge in [0.1, 0.15) is 6.04 Å². The standard InChI is InChI=1S/C15H26N2O3/c1-20-15(19)13-8-5-9-17(13)14(18)12(16)10-11-6-3-2-4-7-11/h11-13H,2-10,16H2,1H3/t12-,13+/m1/s1. The highest BCUT2D eigenvalue weighted by Gasteiger charge is 2.37. The molecule has 20 heavy (non-hydrogen) atoms. The van der Waals surface area contributed by atoms with Crippen molar-refractivity contribution < 1.29 is 14.3 Å². The Morgan fingerprint density at radius 3 is 2.55 bits per heavy atom. The number of carbonyl (C=O) groups is 2. The van der Waals surface area contributed by atoms with Crippen LogP contribution >= 0.6 is 0 Å². The van der Waals surface area contributed by atoms with Crippen LogP contribution in [0.2, 0.25) is 0 Å². The summed E-state index contributed by atoms with van der Waals surface area (Å²) in [5, 5.41) is 0. The lowest BCUT2D eigenvalue weighted by Gasteiger charge is -2.29. The minimum atomic E-state index is -0.469. The smallest absolute Gasteiger partial charge is 0.328 e. The Kier molecular flexibility index (Phi) is 5.40. The Morgan fingerprint density at radius 1 is 1.20 bits per heavy atom. The average Bonchev–Trinajstić information content (AvgIpc) is 2.96. The van der Waals surface area contributed by atoms with Crippen molar-refractivity contribution in [1.82, 2.24) is 4.90 Å². The van der Waals surface area contributed by atoms with Crippen molar-refractivity contribution in [1.29, 1.82) is 0 Å². The number of ether oxygens (including phenoxy) is 1. The average molecular weight is 282 g/mol. The monoisotopic (exact) mass is 282 g/mol. The molecule has 2 atom stereocenters. The summed E-state index contributed by atoms with van der Waals surface area (Å²) >= 11 is 0. The Labute approximate surface area is 120 Å². The van der Waals surface area contributed by atoms with E-state index in [1.165, 1.54) is 39.2 Å². The van der Waals surface area contributed by atoms with E-state index in [0.29, 0.717) is 18.9 Å². The van der Waals surface area contributed by atoms with Crippen LogP contribution in [0.1, 0.15) is 51.4 Å². The van der Waals surface area contributed by atoms with Crippen molar-refractivity contribution in [2.75, 3.05) is 13.7 Å². The Morgan fingerprint density at radius 2 is 1.90 bits per heavy atom. The zero-order valence-corrected chi connectivity index (χ0v) is 12.3. The number of nitrogens with zero attached hydrogens (tertiary/aromatic N) is 1. The van der Waals surface area contributed by atoms with E-state index in [0.717, 1.165) is 12.8 Å². The third kappa shape index (κ3) is 3.51. The van der Waals surface area contributed by atoms with E-state index < -0.39 is 12.1 Å². The molecule has 0 unspecified atom stereocenters. The van der Waals surface area contributed by atoms with Crippen LogP contribution in [0.25, 0.3) is 0 Å². The summed E-state index contributed by atoms with van der Waals surface area (Å²) in [5.41, 5.74) is 6.09. The van der Waals surface area contributed by atoms with Crippen molar-refractivity contribution in [3.63, 3.8) is 0 Å². The molecule has 2 aliphatic rings. The van der Waals surface area contributed by atoms with Crippen molar-refractivity contribution in [2.45, 2.75) is 63.5 Å². The summed E-state index contributed by atoms with van der Waals surface area (Å²) in [6.45, 7) is 0.622.